The molecule has 0 aromatic rings. The van der Waals surface area contributed by atoms with Gasteiger partial charge >= 0.3 is 0 Å². The minimum absolute atomic E-state index is 1.05. The summed E-state index contributed by atoms with van der Waals surface area (Å²) in [5.74, 6) is 3.77. The van der Waals surface area contributed by atoms with Gasteiger partial charge in [0.1, 0.15) is 0 Å². The molecule has 1 nitrogen and oxygen atoms in total. The lowest BCUT2D eigenvalue weighted by molar-refractivity contribution is 0.622. The summed E-state index contributed by atoms with van der Waals surface area (Å²) in [6.07, 6.45) is 8.60. The Bertz CT molecular complexity index is 121. The summed E-state index contributed by atoms with van der Waals surface area (Å²) >= 11 is 2.15. The van der Waals surface area contributed by atoms with Crippen molar-refractivity contribution >= 4 is 11.8 Å². The molecule has 84 valence electrons. The molecule has 0 spiro atoms. The van der Waals surface area contributed by atoms with E-state index in [4.69, 9.17) is 0 Å². The second-order valence-electron chi connectivity index (χ2n) is 4.33. The number of hydrogen-bond donors (Lipinski definition) is 1. The smallest absolute Gasteiger partial charge is 0.00582 e. The van der Waals surface area contributed by atoms with Gasteiger partial charge in [-0.25, -0.2) is 0 Å². The highest BCUT2D eigenvalue weighted by molar-refractivity contribution is 7.99. The fourth-order valence-electron chi connectivity index (χ4n) is 2.00. The Balaban J connectivity index is 1.75. The Kier molecular flexibility index (Phi) is 7.61. The van der Waals surface area contributed by atoms with E-state index in [1.54, 1.807) is 0 Å². The second kappa shape index (κ2) is 8.60. The summed E-state index contributed by atoms with van der Waals surface area (Å²) in [6, 6.07) is 0. The van der Waals surface area contributed by atoms with E-state index in [0.29, 0.717) is 0 Å². The molecule has 1 fully saturated rings. The monoisotopic (exact) mass is 215 g/mol. The normalized spacial score (nSPS) is 17.8. The molecule has 1 saturated carbocycles. The van der Waals surface area contributed by atoms with E-state index in [2.05, 4.69) is 24.0 Å². The van der Waals surface area contributed by atoms with Crippen molar-refractivity contribution in [2.75, 3.05) is 24.6 Å². The molecule has 0 heterocycles. The maximum Gasteiger partial charge on any atom is 0.00582 e. The summed E-state index contributed by atoms with van der Waals surface area (Å²) < 4.78 is 0. The third kappa shape index (κ3) is 5.92. The Labute approximate surface area is 93.4 Å². The van der Waals surface area contributed by atoms with E-state index in [9.17, 15) is 0 Å². The van der Waals surface area contributed by atoms with Gasteiger partial charge in [-0.15, -0.1) is 0 Å². The van der Waals surface area contributed by atoms with Crippen LogP contribution in [0.4, 0.5) is 0 Å². The van der Waals surface area contributed by atoms with Crippen LogP contribution in [0.5, 0.6) is 0 Å². The molecule has 0 aliphatic heterocycles. The lowest BCUT2D eigenvalue weighted by Crippen LogP contribution is -2.18. The van der Waals surface area contributed by atoms with Gasteiger partial charge in [0.2, 0.25) is 0 Å². The van der Waals surface area contributed by atoms with E-state index in [-0.39, 0.29) is 0 Å². The molecule has 0 radical (unpaired) electrons. The molecule has 2 heteroatoms. The van der Waals surface area contributed by atoms with Crippen molar-refractivity contribution in [1.82, 2.24) is 5.32 Å². The van der Waals surface area contributed by atoms with Crippen LogP contribution in [0.1, 0.15) is 45.4 Å². The van der Waals surface area contributed by atoms with E-state index in [1.165, 1.54) is 63.1 Å². The highest BCUT2D eigenvalue weighted by Crippen LogP contribution is 2.27. The summed E-state index contributed by atoms with van der Waals surface area (Å²) in [5.41, 5.74) is 0. The highest BCUT2D eigenvalue weighted by atomic mass is 32.2. The first-order valence-corrected chi connectivity index (χ1v) is 7.37. The SMILES string of the molecule is CCCCNCCSCC1CCCC1. The molecule has 1 N–H and O–H groups in total. The van der Waals surface area contributed by atoms with Crippen molar-refractivity contribution < 1.29 is 0 Å². The minimum atomic E-state index is 1.05. The van der Waals surface area contributed by atoms with Crippen LogP contribution in [0.3, 0.4) is 0 Å². The average molecular weight is 215 g/mol. The van der Waals surface area contributed by atoms with Crippen LogP contribution in [-0.4, -0.2) is 24.6 Å². The van der Waals surface area contributed by atoms with Gasteiger partial charge in [-0.05, 0) is 37.5 Å². The maximum atomic E-state index is 3.49. The first-order chi connectivity index (χ1) is 6.93. The van der Waals surface area contributed by atoms with Gasteiger partial charge in [0.05, 0.1) is 0 Å². The first kappa shape index (κ1) is 12.4. The van der Waals surface area contributed by atoms with Crippen LogP contribution in [0.25, 0.3) is 0 Å². The summed E-state index contributed by atoms with van der Waals surface area (Å²) in [7, 11) is 0. The molecule has 0 aromatic heterocycles. The third-order valence-corrected chi connectivity index (χ3v) is 4.16. The summed E-state index contributed by atoms with van der Waals surface area (Å²) in [5, 5.41) is 3.49. The molecule has 0 unspecified atom stereocenters. The number of nitrogens with one attached hydrogen (secondary N) is 1. The van der Waals surface area contributed by atoms with Crippen molar-refractivity contribution in [3.8, 4) is 0 Å². The van der Waals surface area contributed by atoms with Crippen molar-refractivity contribution in [2.45, 2.75) is 45.4 Å². The Morgan fingerprint density at radius 1 is 1.21 bits per heavy atom. The molecular formula is C12H25NS. The summed E-state index contributed by atoms with van der Waals surface area (Å²) in [6.45, 7) is 4.66. The van der Waals surface area contributed by atoms with Gasteiger partial charge in [0.25, 0.3) is 0 Å². The minimum Gasteiger partial charge on any atom is -0.316 e. The molecule has 0 amide bonds. The van der Waals surface area contributed by atoms with Crippen molar-refractivity contribution in [2.24, 2.45) is 5.92 Å². The third-order valence-electron chi connectivity index (χ3n) is 2.96. The Morgan fingerprint density at radius 2 is 2.00 bits per heavy atom. The van der Waals surface area contributed by atoms with Crippen LogP contribution in [0.2, 0.25) is 0 Å². The van der Waals surface area contributed by atoms with E-state index in [0.717, 1.165) is 5.92 Å². The van der Waals surface area contributed by atoms with Crippen LogP contribution in [0, 0.1) is 5.92 Å². The molecule has 1 rings (SSSR count). The van der Waals surface area contributed by atoms with Crippen molar-refractivity contribution in [1.29, 1.82) is 0 Å². The van der Waals surface area contributed by atoms with Crippen LogP contribution in [0.15, 0.2) is 0 Å². The molecule has 1 aliphatic carbocycles. The van der Waals surface area contributed by atoms with E-state index >= 15 is 0 Å². The number of hydrogen-bond acceptors (Lipinski definition) is 2. The molecule has 14 heavy (non-hydrogen) atoms. The number of rotatable bonds is 8. The Hall–Kier alpha value is 0.310. The topological polar surface area (TPSA) is 12.0 Å². The number of unbranched alkanes of at least 4 members (excludes halogenated alkanes) is 1. The lowest BCUT2D eigenvalue weighted by atomic mass is 10.1. The standard InChI is InChI=1S/C12H25NS/c1-2-3-8-13-9-10-14-11-12-6-4-5-7-12/h12-13H,2-11H2,1H3. The molecule has 0 aromatic carbocycles. The second-order valence-corrected chi connectivity index (χ2v) is 5.48. The Morgan fingerprint density at radius 3 is 2.71 bits per heavy atom. The maximum absolute atomic E-state index is 3.49. The molecule has 0 saturated heterocycles. The number of thioether (sulfide) groups is 1. The van der Waals surface area contributed by atoms with Crippen molar-refractivity contribution in [3.63, 3.8) is 0 Å². The van der Waals surface area contributed by atoms with E-state index < -0.39 is 0 Å². The quantitative estimate of drug-likeness (QED) is 0.624. The van der Waals surface area contributed by atoms with Gasteiger partial charge in [0.15, 0.2) is 0 Å². The van der Waals surface area contributed by atoms with Gasteiger partial charge < -0.3 is 5.32 Å². The predicted octanol–water partition coefficient (Wildman–Crippen LogP) is 3.30. The largest absolute Gasteiger partial charge is 0.316 e. The fraction of sp³-hybridized carbons (Fsp3) is 1.00. The van der Waals surface area contributed by atoms with Gasteiger partial charge in [-0.2, -0.15) is 11.8 Å². The molecule has 1 aliphatic rings. The van der Waals surface area contributed by atoms with Gasteiger partial charge in [-0.1, -0.05) is 26.2 Å². The van der Waals surface area contributed by atoms with Crippen LogP contribution >= 0.6 is 11.8 Å². The lowest BCUT2D eigenvalue weighted by Gasteiger charge is -2.08. The summed E-state index contributed by atoms with van der Waals surface area (Å²) in [4.78, 5) is 0. The van der Waals surface area contributed by atoms with Crippen LogP contribution in [-0.2, 0) is 0 Å². The average Bonchev–Trinajstić information content (AvgIpc) is 2.69. The predicted molar refractivity (Wildman–Crippen MR) is 67.1 cm³/mol. The highest BCUT2D eigenvalue weighted by Gasteiger charge is 2.13. The first-order valence-electron chi connectivity index (χ1n) is 6.22. The molecule has 0 bridgehead atoms. The fourth-order valence-corrected chi connectivity index (χ4v) is 3.12. The van der Waals surface area contributed by atoms with Crippen molar-refractivity contribution in [3.05, 3.63) is 0 Å². The van der Waals surface area contributed by atoms with Crippen LogP contribution < -0.4 is 5.32 Å². The molecule has 0 atom stereocenters. The zero-order valence-electron chi connectivity index (χ0n) is 9.56. The zero-order chi connectivity index (χ0) is 10.1. The van der Waals surface area contributed by atoms with Gasteiger partial charge in [0, 0.05) is 12.3 Å². The van der Waals surface area contributed by atoms with E-state index in [1.807, 2.05) is 0 Å². The molecular weight excluding hydrogens is 190 g/mol. The van der Waals surface area contributed by atoms with Gasteiger partial charge in [-0.3, -0.25) is 0 Å². The zero-order valence-corrected chi connectivity index (χ0v) is 10.4.